The molecule has 0 atom stereocenters. The standard InChI is InChI=1S/C18H13Cl2IN2OS2/c1-2-9-7-11(21)4-6-13(9)22-18(25)23-17(24)16-15(20)12-5-3-10(19)8-14(12)26-16/h3-8H,2H2,1H3,(H2,22,23,24,25). The fraction of sp³-hybridized carbons (Fsp3) is 0.111. The van der Waals surface area contributed by atoms with Crippen molar-refractivity contribution in [1.82, 2.24) is 5.32 Å². The van der Waals surface area contributed by atoms with Gasteiger partial charge >= 0.3 is 0 Å². The minimum atomic E-state index is -0.339. The van der Waals surface area contributed by atoms with Crippen LogP contribution < -0.4 is 10.6 Å². The number of thiocarbonyl (C=S) groups is 1. The Morgan fingerprint density at radius 1 is 1.23 bits per heavy atom. The van der Waals surface area contributed by atoms with Gasteiger partial charge < -0.3 is 5.32 Å². The van der Waals surface area contributed by atoms with E-state index in [1.54, 1.807) is 12.1 Å². The summed E-state index contributed by atoms with van der Waals surface area (Å²) in [4.78, 5) is 13.0. The number of carbonyl (C=O) groups is 1. The van der Waals surface area contributed by atoms with Crippen LogP contribution in [0.4, 0.5) is 5.69 Å². The minimum Gasteiger partial charge on any atom is -0.332 e. The van der Waals surface area contributed by atoms with E-state index >= 15 is 0 Å². The summed E-state index contributed by atoms with van der Waals surface area (Å²) in [5.74, 6) is -0.339. The van der Waals surface area contributed by atoms with Gasteiger partial charge in [0.15, 0.2) is 5.11 Å². The molecule has 0 radical (unpaired) electrons. The van der Waals surface area contributed by atoms with Crippen molar-refractivity contribution in [3.63, 3.8) is 0 Å². The van der Waals surface area contributed by atoms with E-state index in [1.165, 1.54) is 11.3 Å². The molecule has 134 valence electrons. The first-order chi connectivity index (χ1) is 12.4. The molecule has 0 bridgehead atoms. The maximum atomic E-state index is 12.6. The van der Waals surface area contributed by atoms with E-state index in [0.717, 1.165) is 31.3 Å². The molecule has 3 nitrogen and oxygen atoms in total. The van der Waals surface area contributed by atoms with Crippen LogP contribution in [0.3, 0.4) is 0 Å². The predicted molar refractivity (Wildman–Crippen MR) is 124 cm³/mol. The number of hydrogen-bond acceptors (Lipinski definition) is 3. The molecule has 0 aliphatic carbocycles. The maximum absolute atomic E-state index is 12.6. The van der Waals surface area contributed by atoms with E-state index in [2.05, 4.69) is 46.2 Å². The summed E-state index contributed by atoms with van der Waals surface area (Å²) >= 11 is 21.2. The third-order valence-electron chi connectivity index (χ3n) is 3.72. The fourth-order valence-electron chi connectivity index (χ4n) is 2.48. The highest BCUT2D eigenvalue weighted by molar-refractivity contribution is 14.1. The van der Waals surface area contributed by atoms with Crippen LogP contribution in [0.15, 0.2) is 36.4 Å². The molecule has 0 aliphatic rings. The van der Waals surface area contributed by atoms with Crippen LogP contribution in [0.1, 0.15) is 22.2 Å². The van der Waals surface area contributed by atoms with Crippen LogP contribution in [0.2, 0.25) is 10.0 Å². The highest BCUT2D eigenvalue weighted by Crippen LogP contribution is 2.36. The Bertz CT molecular complexity index is 1020. The molecule has 3 aromatic rings. The second-order valence-electron chi connectivity index (χ2n) is 5.45. The van der Waals surface area contributed by atoms with Gasteiger partial charge in [-0.05, 0) is 77.1 Å². The minimum absolute atomic E-state index is 0.234. The maximum Gasteiger partial charge on any atom is 0.269 e. The van der Waals surface area contributed by atoms with Crippen molar-refractivity contribution in [1.29, 1.82) is 0 Å². The van der Waals surface area contributed by atoms with Crippen LogP contribution in [0.5, 0.6) is 0 Å². The number of halogens is 3. The smallest absolute Gasteiger partial charge is 0.269 e. The second-order valence-corrected chi connectivity index (χ2v) is 8.97. The Morgan fingerprint density at radius 2 is 2.00 bits per heavy atom. The van der Waals surface area contributed by atoms with Gasteiger partial charge in [0.25, 0.3) is 5.91 Å². The third kappa shape index (κ3) is 4.31. The Hall–Kier alpha value is -0.930. The largest absolute Gasteiger partial charge is 0.332 e. The van der Waals surface area contributed by atoms with E-state index in [9.17, 15) is 4.79 Å². The van der Waals surface area contributed by atoms with Gasteiger partial charge in [-0.2, -0.15) is 0 Å². The van der Waals surface area contributed by atoms with Gasteiger partial charge in [0, 0.05) is 24.4 Å². The zero-order valence-electron chi connectivity index (χ0n) is 13.5. The molecule has 1 amide bonds. The molecule has 26 heavy (non-hydrogen) atoms. The summed E-state index contributed by atoms with van der Waals surface area (Å²) in [5.41, 5.74) is 2.01. The molecule has 0 fully saturated rings. The van der Waals surface area contributed by atoms with Crippen molar-refractivity contribution < 1.29 is 4.79 Å². The van der Waals surface area contributed by atoms with E-state index in [0.29, 0.717) is 14.9 Å². The average Bonchev–Trinajstić information content (AvgIpc) is 2.92. The average molecular weight is 535 g/mol. The van der Waals surface area contributed by atoms with Gasteiger partial charge in [-0.1, -0.05) is 36.2 Å². The molecule has 2 N–H and O–H groups in total. The zero-order chi connectivity index (χ0) is 18.8. The number of nitrogens with one attached hydrogen (secondary N) is 2. The number of anilines is 1. The lowest BCUT2D eigenvalue weighted by Gasteiger charge is -2.13. The molecule has 0 spiro atoms. The monoisotopic (exact) mass is 534 g/mol. The molecule has 1 aromatic heterocycles. The number of thiophene rings is 1. The molecule has 8 heteroatoms. The Morgan fingerprint density at radius 3 is 2.73 bits per heavy atom. The fourth-order valence-corrected chi connectivity index (χ4v) is 4.92. The van der Waals surface area contributed by atoms with Gasteiger partial charge in [0.2, 0.25) is 0 Å². The van der Waals surface area contributed by atoms with Crippen molar-refractivity contribution in [2.24, 2.45) is 0 Å². The quantitative estimate of drug-likeness (QED) is 0.297. The van der Waals surface area contributed by atoms with Gasteiger partial charge in [-0.25, -0.2) is 0 Å². The lowest BCUT2D eigenvalue weighted by Crippen LogP contribution is -2.34. The van der Waals surface area contributed by atoms with Gasteiger partial charge in [0.1, 0.15) is 4.88 Å². The SMILES string of the molecule is CCc1cc(I)ccc1NC(=S)NC(=O)c1sc2cc(Cl)ccc2c1Cl. The number of benzene rings is 2. The first-order valence-corrected chi connectivity index (χ1v) is 10.7. The molecule has 3 rings (SSSR count). The van der Waals surface area contributed by atoms with Crippen LogP contribution in [-0.2, 0) is 6.42 Å². The van der Waals surface area contributed by atoms with E-state index in [4.69, 9.17) is 35.4 Å². The molecule has 0 unspecified atom stereocenters. The van der Waals surface area contributed by atoms with Crippen molar-refractivity contribution in [3.8, 4) is 0 Å². The highest BCUT2D eigenvalue weighted by atomic mass is 127. The molecule has 0 saturated carbocycles. The van der Waals surface area contributed by atoms with Crippen LogP contribution in [-0.4, -0.2) is 11.0 Å². The number of carbonyl (C=O) groups excluding carboxylic acids is 1. The van der Waals surface area contributed by atoms with E-state index in [1.807, 2.05) is 18.2 Å². The first kappa shape index (κ1) is 19.8. The summed E-state index contributed by atoms with van der Waals surface area (Å²) in [6.45, 7) is 2.07. The molecular weight excluding hydrogens is 522 g/mol. The summed E-state index contributed by atoms with van der Waals surface area (Å²) in [6, 6.07) is 11.4. The summed E-state index contributed by atoms with van der Waals surface area (Å²) in [7, 11) is 0. The van der Waals surface area contributed by atoms with Gasteiger partial charge in [-0.3, -0.25) is 10.1 Å². The normalized spacial score (nSPS) is 10.8. The summed E-state index contributed by atoms with van der Waals surface area (Å²) in [5, 5.41) is 7.83. The summed E-state index contributed by atoms with van der Waals surface area (Å²) in [6.07, 6.45) is 0.860. The number of amides is 1. The molecule has 0 saturated heterocycles. The van der Waals surface area contributed by atoms with Crippen LogP contribution in [0.25, 0.3) is 10.1 Å². The summed E-state index contributed by atoms with van der Waals surface area (Å²) < 4.78 is 2.01. The molecular formula is C18H13Cl2IN2OS2. The number of rotatable bonds is 3. The Kier molecular flexibility index (Phi) is 6.40. The van der Waals surface area contributed by atoms with Gasteiger partial charge in [-0.15, -0.1) is 11.3 Å². The van der Waals surface area contributed by atoms with Crippen LogP contribution in [0, 0.1) is 3.57 Å². The number of hydrogen-bond donors (Lipinski definition) is 2. The topological polar surface area (TPSA) is 41.1 Å². The van der Waals surface area contributed by atoms with Crippen LogP contribution >= 0.6 is 69.3 Å². The number of aryl methyl sites for hydroxylation is 1. The Labute approximate surface area is 184 Å². The van der Waals surface area contributed by atoms with Crippen molar-refractivity contribution in [3.05, 3.63) is 60.5 Å². The van der Waals surface area contributed by atoms with Crippen molar-refractivity contribution in [2.75, 3.05) is 5.32 Å². The van der Waals surface area contributed by atoms with Crippen molar-refractivity contribution in [2.45, 2.75) is 13.3 Å². The Balaban J connectivity index is 1.78. The molecule has 1 heterocycles. The molecule has 0 aliphatic heterocycles. The number of fused-ring (bicyclic) bond motifs is 1. The first-order valence-electron chi connectivity index (χ1n) is 7.67. The van der Waals surface area contributed by atoms with E-state index < -0.39 is 0 Å². The highest BCUT2D eigenvalue weighted by Gasteiger charge is 2.18. The predicted octanol–water partition coefficient (Wildman–Crippen LogP) is 6.50. The zero-order valence-corrected chi connectivity index (χ0v) is 18.8. The lowest BCUT2D eigenvalue weighted by atomic mass is 10.1. The van der Waals surface area contributed by atoms with Gasteiger partial charge in [0.05, 0.1) is 5.02 Å². The third-order valence-corrected chi connectivity index (χ3v) is 6.49. The van der Waals surface area contributed by atoms with Crippen molar-refractivity contribution >= 4 is 96.1 Å². The second kappa shape index (κ2) is 8.39. The van der Waals surface area contributed by atoms with E-state index in [-0.39, 0.29) is 11.0 Å². The molecule has 2 aromatic carbocycles. The lowest BCUT2D eigenvalue weighted by molar-refractivity contribution is 0.0982.